The Morgan fingerprint density at radius 1 is 1.31 bits per heavy atom. The van der Waals surface area contributed by atoms with Crippen molar-refractivity contribution in [3.63, 3.8) is 0 Å². The van der Waals surface area contributed by atoms with Crippen molar-refractivity contribution < 1.29 is 22.7 Å². The second-order valence-corrected chi connectivity index (χ2v) is 10.4. The number of amides is 1. The summed E-state index contributed by atoms with van der Waals surface area (Å²) in [4.78, 5) is 21.1. The monoisotopic (exact) mass is 543 g/mol. The van der Waals surface area contributed by atoms with Crippen molar-refractivity contribution in [2.45, 2.75) is 50.9 Å². The van der Waals surface area contributed by atoms with Crippen LogP contribution in [0.3, 0.4) is 0 Å². The number of imidazole rings is 1. The number of hydrogen-bond acceptors (Lipinski definition) is 7. The van der Waals surface area contributed by atoms with E-state index in [1.54, 1.807) is 15.5 Å². The maximum atomic E-state index is 13.6. The first-order valence-corrected chi connectivity index (χ1v) is 13.0. The minimum absolute atomic E-state index is 0.0327. The number of morpholine rings is 1. The number of aromatic nitrogens is 2. The number of pyridine rings is 1. The fourth-order valence-electron chi connectivity index (χ4n) is 4.79. The molecule has 4 rings (SSSR count). The van der Waals surface area contributed by atoms with Crippen LogP contribution in [0.4, 0.5) is 18.9 Å². The molecule has 2 fully saturated rings. The lowest BCUT2D eigenvalue weighted by molar-refractivity contribution is -0.138. The van der Waals surface area contributed by atoms with Crippen LogP contribution in [0.2, 0.25) is 0 Å². The predicted octanol–water partition coefficient (Wildman–Crippen LogP) is 4.28. The molecule has 2 saturated heterocycles. The number of anilines is 1. The number of halogens is 3. The number of rotatable bonds is 6. The average Bonchev–Trinajstić information content (AvgIpc) is 3.29. The van der Waals surface area contributed by atoms with E-state index in [0.717, 1.165) is 43.9 Å². The third-order valence-corrected chi connectivity index (χ3v) is 7.51. The van der Waals surface area contributed by atoms with Crippen molar-refractivity contribution in [2.24, 2.45) is 0 Å². The van der Waals surface area contributed by atoms with Crippen LogP contribution in [-0.4, -0.2) is 76.6 Å². The van der Waals surface area contributed by atoms with Crippen LogP contribution in [0.15, 0.2) is 28.8 Å². The molecule has 0 aliphatic carbocycles. The summed E-state index contributed by atoms with van der Waals surface area (Å²) in [5.74, 6) is -0.113. The first kappa shape index (κ1) is 27.2. The van der Waals surface area contributed by atoms with Gasteiger partial charge in [0.2, 0.25) is 0 Å². The van der Waals surface area contributed by atoms with Crippen molar-refractivity contribution in [3.8, 4) is 0 Å². The highest BCUT2D eigenvalue weighted by atomic mass is 32.1. The second-order valence-electron chi connectivity index (χ2n) is 9.65. The van der Waals surface area contributed by atoms with E-state index in [-0.39, 0.29) is 24.0 Å². The molecule has 4 heterocycles. The number of piperidine rings is 1. The molecule has 7 nitrogen and oxygen atoms in total. The molecule has 36 heavy (non-hydrogen) atoms. The summed E-state index contributed by atoms with van der Waals surface area (Å²) in [5, 5.41) is 4.73. The fourth-order valence-corrected chi connectivity index (χ4v) is 5.04. The molecule has 1 amide bonds. The maximum Gasteiger partial charge on any atom is 0.417 e. The molecule has 0 radical (unpaired) electrons. The summed E-state index contributed by atoms with van der Waals surface area (Å²) >= 11 is 8.17. The smallest absolute Gasteiger partial charge is 0.379 e. The van der Waals surface area contributed by atoms with E-state index in [1.165, 1.54) is 5.41 Å². The van der Waals surface area contributed by atoms with Crippen LogP contribution in [0, 0.1) is 0 Å². The molecule has 1 unspecified atom stereocenters. The van der Waals surface area contributed by atoms with Gasteiger partial charge in [-0.05, 0) is 30.2 Å². The Morgan fingerprint density at radius 2 is 2.03 bits per heavy atom. The summed E-state index contributed by atoms with van der Waals surface area (Å²) < 4.78 is 48.3. The number of carbonyl (C=O) groups is 1. The Morgan fingerprint density at radius 3 is 2.67 bits per heavy atom. The Hall–Kier alpha value is -1.89. The topological polar surface area (TPSA) is 62.1 Å². The van der Waals surface area contributed by atoms with E-state index in [9.17, 15) is 18.0 Å². The Kier molecular flexibility index (Phi) is 8.48. The molecular weight excluding hydrogens is 511 g/mol. The second kappa shape index (κ2) is 11.2. The van der Waals surface area contributed by atoms with Gasteiger partial charge in [-0.15, -0.1) is 12.6 Å². The normalized spacial score (nSPS) is 20.9. The van der Waals surface area contributed by atoms with Gasteiger partial charge in [-0.25, -0.2) is 4.98 Å². The molecule has 2 aromatic heterocycles. The van der Waals surface area contributed by atoms with Gasteiger partial charge in [0.05, 0.1) is 28.9 Å². The van der Waals surface area contributed by atoms with Gasteiger partial charge in [-0.2, -0.15) is 25.8 Å². The quantitative estimate of drug-likeness (QED) is 0.375. The average molecular weight is 544 g/mol. The number of nitrogens with one attached hydrogen (secondary N) is 1. The molecular formula is C24H32F3N5O2S2. The number of likely N-dealkylation sites (tertiary alicyclic amines) is 1. The number of thiol groups is 2. The van der Waals surface area contributed by atoms with Gasteiger partial charge in [0.15, 0.2) is 5.65 Å². The zero-order valence-corrected chi connectivity index (χ0v) is 22.1. The van der Waals surface area contributed by atoms with E-state index in [0.29, 0.717) is 42.5 Å². The first-order chi connectivity index (χ1) is 17.1. The minimum Gasteiger partial charge on any atom is -0.379 e. The highest BCUT2D eigenvalue weighted by Crippen LogP contribution is 2.34. The standard InChI is InChI=1S/C24H32F3N5O2S2/c1-15(2)20-10-28-22-19(9-16(11-32(20)22)24(25,26)27)29-17-3-5-30(6-4-17)12-18-13-31(7-8-34-18)23(33)21(36)14-35/h9-11,14-15,17-18,29,35-36H,3-8,12-13H2,1-2H3/b21-14+. The predicted molar refractivity (Wildman–Crippen MR) is 140 cm³/mol. The molecule has 0 bridgehead atoms. The van der Waals surface area contributed by atoms with Crippen LogP contribution in [0.5, 0.6) is 0 Å². The summed E-state index contributed by atoms with van der Waals surface area (Å²) in [6, 6.07) is 1.19. The SMILES string of the molecule is CC(C)c1cnc2c(NC3CCN(CC4CN(C(=O)/C(S)=C\S)CCO4)CC3)cc(C(F)(F)F)cn12. The van der Waals surface area contributed by atoms with Crippen LogP contribution >= 0.6 is 25.3 Å². The largest absolute Gasteiger partial charge is 0.417 e. The molecule has 0 spiro atoms. The zero-order valence-electron chi connectivity index (χ0n) is 20.3. The van der Waals surface area contributed by atoms with Gasteiger partial charge in [-0.1, -0.05) is 13.8 Å². The summed E-state index contributed by atoms with van der Waals surface area (Å²) in [7, 11) is 0. The van der Waals surface area contributed by atoms with E-state index >= 15 is 0 Å². The van der Waals surface area contributed by atoms with Crippen LogP contribution in [0.1, 0.15) is 43.9 Å². The summed E-state index contributed by atoms with van der Waals surface area (Å²) in [6.07, 6.45) is -0.215. The van der Waals surface area contributed by atoms with Crippen LogP contribution in [-0.2, 0) is 15.7 Å². The molecule has 2 aromatic rings. The highest BCUT2D eigenvalue weighted by molar-refractivity contribution is 7.88. The summed E-state index contributed by atoms with van der Waals surface area (Å²) in [6.45, 7) is 7.60. The van der Waals surface area contributed by atoms with Gasteiger partial charge >= 0.3 is 6.18 Å². The van der Waals surface area contributed by atoms with E-state index in [1.807, 2.05) is 13.8 Å². The minimum atomic E-state index is -4.45. The van der Waals surface area contributed by atoms with Gasteiger partial charge in [-0.3, -0.25) is 4.79 Å². The Balaban J connectivity index is 1.38. The van der Waals surface area contributed by atoms with Gasteiger partial charge in [0.1, 0.15) is 0 Å². The van der Waals surface area contributed by atoms with Crippen molar-refractivity contribution in [3.05, 3.63) is 40.0 Å². The van der Waals surface area contributed by atoms with Crippen molar-refractivity contribution in [1.82, 2.24) is 19.2 Å². The number of carbonyl (C=O) groups excluding carboxylic acids is 1. The van der Waals surface area contributed by atoms with Gasteiger partial charge < -0.3 is 24.3 Å². The number of hydrogen-bond donors (Lipinski definition) is 3. The molecule has 1 N–H and O–H groups in total. The molecule has 1 atom stereocenters. The number of ether oxygens (including phenoxy) is 1. The third kappa shape index (κ3) is 6.15. The Bertz CT molecular complexity index is 1110. The molecule has 0 aromatic carbocycles. The van der Waals surface area contributed by atoms with Crippen molar-refractivity contribution >= 4 is 42.5 Å². The number of nitrogens with zero attached hydrogens (tertiary/aromatic N) is 4. The fraction of sp³-hybridized carbons (Fsp3) is 0.583. The lowest BCUT2D eigenvalue weighted by Gasteiger charge is -2.38. The van der Waals surface area contributed by atoms with Crippen LogP contribution < -0.4 is 5.32 Å². The van der Waals surface area contributed by atoms with E-state index in [4.69, 9.17) is 4.74 Å². The van der Waals surface area contributed by atoms with Crippen molar-refractivity contribution in [2.75, 3.05) is 44.6 Å². The molecule has 0 saturated carbocycles. The Labute approximate surface area is 219 Å². The van der Waals surface area contributed by atoms with Gasteiger partial charge in [0, 0.05) is 56.9 Å². The van der Waals surface area contributed by atoms with Gasteiger partial charge in [0.25, 0.3) is 5.91 Å². The third-order valence-electron chi connectivity index (χ3n) is 6.73. The summed E-state index contributed by atoms with van der Waals surface area (Å²) in [5.41, 5.74) is 0.956. The molecule has 198 valence electrons. The van der Waals surface area contributed by atoms with E-state index in [2.05, 4.69) is 40.5 Å². The molecule has 12 heteroatoms. The molecule has 2 aliphatic heterocycles. The zero-order chi connectivity index (χ0) is 26.0. The molecule has 2 aliphatic rings. The van der Waals surface area contributed by atoms with Crippen molar-refractivity contribution in [1.29, 1.82) is 0 Å². The maximum absolute atomic E-state index is 13.6. The highest BCUT2D eigenvalue weighted by Gasteiger charge is 2.33. The first-order valence-electron chi connectivity index (χ1n) is 12.1. The van der Waals surface area contributed by atoms with E-state index < -0.39 is 11.7 Å². The number of fused-ring (bicyclic) bond motifs is 1. The lowest BCUT2D eigenvalue weighted by atomic mass is 10.0. The lowest BCUT2D eigenvalue weighted by Crippen LogP contribution is -2.51. The van der Waals surface area contributed by atoms with Crippen LogP contribution in [0.25, 0.3) is 5.65 Å². The number of alkyl halides is 3.